The van der Waals surface area contributed by atoms with E-state index in [1.54, 1.807) is 0 Å². The van der Waals surface area contributed by atoms with Crippen molar-refractivity contribution in [2.45, 2.75) is 64.6 Å². The van der Waals surface area contributed by atoms with E-state index in [2.05, 4.69) is 34.5 Å². The van der Waals surface area contributed by atoms with Crippen molar-refractivity contribution >= 4 is 12.1 Å². The molecule has 4 rings (SSSR count). The number of carbonyl (C=O) groups is 2. The van der Waals surface area contributed by atoms with Crippen LogP contribution in [0.25, 0.3) is 0 Å². The monoisotopic (exact) mass is 441 g/mol. The molecule has 3 fully saturated rings. The molecule has 4 amide bonds. The molecule has 3 saturated heterocycles. The molecule has 0 radical (unpaired) electrons. The Morgan fingerprint density at radius 2 is 1.69 bits per heavy atom. The van der Waals surface area contributed by atoms with Crippen molar-refractivity contribution in [3.05, 3.63) is 35.4 Å². The summed E-state index contributed by atoms with van der Waals surface area (Å²) in [6, 6.07) is 9.05. The molecular weight excluding hydrogens is 402 g/mol. The Labute approximate surface area is 192 Å². The maximum Gasteiger partial charge on any atom is 0.320 e. The molecule has 0 atom stereocenters. The first-order valence-corrected chi connectivity index (χ1v) is 12.5. The van der Waals surface area contributed by atoms with E-state index in [1.165, 1.54) is 44.3 Å². The van der Waals surface area contributed by atoms with Crippen LogP contribution in [0, 0.1) is 0 Å². The van der Waals surface area contributed by atoms with E-state index in [0.717, 1.165) is 44.6 Å². The minimum atomic E-state index is 0.00399. The summed E-state index contributed by atoms with van der Waals surface area (Å²) in [6.45, 7) is 9.80. The van der Waals surface area contributed by atoms with Gasteiger partial charge in [-0.3, -0.25) is 4.90 Å². The van der Waals surface area contributed by atoms with Crippen molar-refractivity contribution in [1.29, 1.82) is 0 Å². The van der Waals surface area contributed by atoms with E-state index in [1.807, 2.05) is 21.6 Å². The molecule has 0 bridgehead atoms. The van der Waals surface area contributed by atoms with Gasteiger partial charge in [0, 0.05) is 51.9 Å². The Morgan fingerprint density at radius 3 is 2.38 bits per heavy atom. The molecule has 1 aromatic carbocycles. The van der Waals surface area contributed by atoms with Gasteiger partial charge in [-0.1, -0.05) is 37.1 Å². The number of amides is 4. The van der Waals surface area contributed by atoms with Crippen molar-refractivity contribution in [2.24, 2.45) is 0 Å². The minimum Gasteiger partial charge on any atom is -0.334 e. The summed E-state index contributed by atoms with van der Waals surface area (Å²) in [7, 11) is 0. The molecule has 7 nitrogen and oxygen atoms in total. The van der Waals surface area contributed by atoms with Gasteiger partial charge in [0.05, 0.1) is 0 Å². The highest BCUT2D eigenvalue weighted by Crippen LogP contribution is 2.21. The van der Waals surface area contributed by atoms with Crippen molar-refractivity contribution in [1.82, 2.24) is 24.9 Å². The topological polar surface area (TPSA) is 59.1 Å². The highest BCUT2D eigenvalue weighted by atomic mass is 16.2. The second kappa shape index (κ2) is 11.0. The summed E-state index contributed by atoms with van der Waals surface area (Å²) in [5.74, 6) is 0. The lowest BCUT2D eigenvalue weighted by atomic mass is 10.0. The fourth-order valence-corrected chi connectivity index (χ4v) is 5.29. The first-order valence-electron chi connectivity index (χ1n) is 12.5. The first kappa shape index (κ1) is 22.9. The van der Waals surface area contributed by atoms with Crippen molar-refractivity contribution in [3.63, 3.8) is 0 Å². The first-order chi connectivity index (χ1) is 15.6. The van der Waals surface area contributed by atoms with Gasteiger partial charge in [-0.15, -0.1) is 0 Å². The zero-order valence-corrected chi connectivity index (χ0v) is 19.6. The standard InChI is InChI=1S/C25H39N5O2/c1-2-28-16-17-30(25(28)32)23-10-14-29(15-11-23)24(31)26-19-21-8-7-9-22(18-21)20-27-12-5-3-4-6-13-27/h7-9,18,23H,2-6,10-17,19-20H2,1H3,(H,26,31). The van der Waals surface area contributed by atoms with Gasteiger partial charge in [0.25, 0.3) is 0 Å². The summed E-state index contributed by atoms with van der Waals surface area (Å²) in [5, 5.41) is 3.10. The number of hydrogen-bond acceptors (Lipinski definition) is 3. The number of urea groups is 2. The lowest BCUT2D eigenvalue weighted by molar-refractivity contribution is 0.135. The van der Waals surface area contributed by atoms with E-state index in [4.69, 9.17) is 0 Å². The van der Waals surface area contributed by atoms with Crippen LogP contribution in [0.2, 0.25) is 0 Å². The van der Waals surface area contributed by atoms with Gasteiger partial charge in [-0.25, -0.2) is 9.59 Å². The molecule has 3 aliphatic heterocycles. The average Bonchev–Trinajstić information content (AvgIpc) is 3.01. The Balaban J connectivity index is 1.22. The molecule has 0 aromatic heterocycles. The molecule has 1 aromatic rings. The highest BCUT2D eigenvalue weighted by molar-refractivity contribution is 5.77. The largest absolute Gasteiger partial charge is 0.334 e. The highest BCUT2D eigenvalue weighted by Gasteiger charge is 2.35. The predicted molar refractivity (Wildman–Crippen MR) is 126 cm³/mol. The minimum absolute atomic E-state index is 0.00399. The Kier molecular flexibility index (Phi) is 7.90. The third-order valence-electron chi connectivity index (χ3n) is 7.24. The van der Waals surface area contributed by atoms with Crippen molar-refractivity contribution in [3.8, 4) is 0 Å². The molecule has 1 N–H and O–H groups in total. The van der Waals surface area contributed by atoms with Crippen molar-refractivity contribution in [2.75, 3.05) is 45.8 Å². The van der Waals surface area contributed by atoms with Gasteiger partial charge in [0.15, 0.2) is 0 Å². The lowest BCUT2D eigenvalue weighted by Gasteiger charge is -2.36. The van der Waals surface area contributed by atoms with E-state index in [-0.39, 0.29) is 18.1 Å². The lowest BCUT2D eigenvalue weighted by Crippen LogP contribution is -2.50. The summed E-state index contributed by atoms with van der Waals surface area (Å²) in [5.41, 5.74) is 2.48. The maximum absolute atomic E-state index is 12.7. The van der Waals surface area contributed by atoms with Crippen LogP contribution in [-0.4, -0.2) is 83.5 Å². The average molecular weight is 442 g/mol. The molecule has 0 saturated carbocycles. The molecular formula is C25H39N5O2. The summed E-state index contributed by atoms with van der Waals surface area (Å²) in [4.78, 5) is 33.5. The molecule has 0 unspecified atom stereocenters. The molecule has 176 valence electrons. The number of carbonyl (C=O) groups excluding carboxylic acids is 2. The summed E-state index contributed by atoms with van der Waals surface area (Å²) in [6.07, 6.45) is 7.03. The van der Waals surface area contributed by atoms with Gasteiger partial charge < -0.3 is 20.0 Å². The number of likely N-dealkylation sites (N-methyl/N-ethyl adjacent to an activating group) is 1. The number of likely N-dealkylation sites (tertiary alicyclic amines) is 2. The number of benzene rings is 1. The zero-order chi connectivity index (χ0) is 22.3. The summed E-state index contributed by atoms with van der Waals surface area (Å²) >= 11 is 0. The van der Waals surface area contributed by atoms with Gasteiger partial charge in [-0.2, -0.15) is 0 Å². The number of hydrogen-bond donors (Lipinski definition) is 1. The maximum atomic E-state index is 12.7. The second-order valence-electron chi connectivity index (χ2n) is 9.44. The summed E-state index contributed by atoms with van der Waals surface area (Å²) < 4.78 is 0. The third-order valence-corrected chi connectivity index (χ3v) is 7.24. The zero-order valence-electron chi connectivity index (χ0n) is 19.6. The quantitative estimate of drug-likeness (QED) is 0.735. The fraction of sp³-hybridized carbons (Fsp3) is 0.680. The van der Waals surface area contributed by atoms with Crippen LogP contribution in [0.1, 0.15) is 56.6 Å². The third kappa shape index (κ3) is 5.74. The van der Waals surface area contributed by atoms with Gasteiger partial charge >= 0.3 is 12.1 Å². The van der Waals surface area contributed by atoms with E-state index < -0.39 is 0 Å². The molecule has 0 spiro atoms. The van der Waals surface area contributed by atoms with Crippen molar-refractivity contribution < 1.29 is 9.59 Å². The van der Waals surface area contributed by atoms with Crippen LogP contribution >= 0.6 is 0 Å². The van der Waals surface area contributed by atoms with E-state index in [9.17, 15) is 9.59 Å². The van der Waals surface area contributed by atoms with Crippen LogP contribution < -0.4 is 5.32 Å². The number of nitrogens with one attached hydrogen (secondary N) is 1. The van der Waals surface area contributed by atoms with Gasteiger partial charge in [0.2, 0.25) is 0 Å². The number of piperidine rings is 1. The molecule has 0 aliphatic carbocycles. The SMILES string of the molecule is CCN1CCN(C2CCN(C(=O)NCc3cccc(CN4CCCCCC4)c3)CC2)C1=O. The second-order valence-corrected chi connectivity index (χ2v) is 9.44. The van der Waals surface area contributed by atoms with Crippen LogP contribution in [-0.2, 0) is 13.1 Å². The molecule has 3 aliphatic rings. The van der Waals surface area contributed by atoms with E-state index >= 15 is 0 Å². The normalized spacial score (nSPS) is 21.2. The molecule has 3 heterocycles. The smallest absolute Gasteiger partial charge is 0.320 e. The Bertz CT molecular complexity index is 769. The van der Waals surface area contributed by atoms with Crippen LogP contribution in [0.4, 0.5) is 9.59 Å². The number of nitrogens with zero attached hydrogens (tertiary/aromatic N) is 4. The number of rotatable bonds is 6. The Morgan fingerprint density at radius 1 is 0.969 bits per heavy atom. The van der Waals surface area contributed by atoms with Gasteiger partial charge in [-0.05, 0) is 56.8 Å². The fourth-order valence-electron chi connectivity index (χ4n) is 5.29. The van der Waals surface area contributed by atoms with E-state index in [0.29, 0.717) is 19.6 Å². The van der Waals surface area contributed by atoms with Crippen LogP contribution in [0.15, 0.2) is 24.3 Å². The Hall–Kier alpha value is -2.28. The van der Waals surface area contributed by atoms with Gasteiger partial charge in [0.1, 0.15) is 0 Å². The van der Waals surface area contributed by atoms with Crippen LogP contribution in [0.3, 0.4) is 0 Å². The molecule has 7 heteroatoms. The molecule has 32 heavy (non-hydrogen) atoms. The predicted octanol–water partition coefficient (Wildman–Crippen LogP) is 3.49. The van der Waals surface area contributed by atoms with Crippen LogP contribution in [0.5, 0.6) is 0 Å².